The first kappa shape index (κ1) is 18.5. The molecule has 140 valence electrons. The highest BCUT2D eigenvalue weighted by atomic mass is 19.1. The maximum atomic E-state index is 14.1. The lowest BCUT2D eigenvalue weighted by molar-refractivity contribution is -0.265. The Morgan fingerprint density at radius 2 is 1.92 bits per heavy atom. The molecule has 4 nitrogen and oxygen atoms in total. The second kappa shape index (κ2) is 7.98. The molecule has 0 saturated carbocycles. The Bertz CT molecular complexity index is 565. The summed E-state index contributed by atoms with van der Waals surface area (Å²) in [6, 6.07) is 4.95. The van der Waals surface area contributed by atoms with Crippen LogP contribution < -0.4 is 4.74 Å². The molecule has 2 aliphatic rings. The molecular weight excluding hydrogens is 330 g/mol. The highest BCUT2D eigenvalue weighted by Gasteiger charge is 2.39. The molecule has 0 aromatic heterocycles. The first-order chi connectivity index (χ1) is 12.0. The molecule has 6 heteroatoms. The van der Waals surface area contributed by atoms with Crippen molar-refractivity contribution in [3.63, 3.8) is 0 Å². The van der Waals surface area contributed by atoms with Crippen LogP contribution in [0.25, 0.3) is 0 Å². The van der Waals surface area contributed by atoms with Gasteiger partial charge in [0.25, 0.3) is 0 Å². The van der Waals surface area contributed by atoms with Gasteiger partial charge in [0, 0.05) is 5.92 Å². The fraction of sp³-hybridized carbons (Fsp3) is 0.684. The molecule has 2 fully saturated rings. The van der Waals surface area contributed by atoms with E-state index in [4.69, 9.17) is 18.9 Å². The Morgan fingerprint density at radius 1 is 1.16 bits per heavy atom. The maximum absolute atomic E-state index is 14.1. The highest BCUT2D eigenvalue weighted by Crippen LogP contribution is 2.36. The van der Waals surface area contributed by atoms with E-state index in [1.807, 2.05) is 13.0 Å². The minimum Gasteiger partial charge on any atom is -0.491 e. The first-order valence-electron chi connectivity index (χ1n) is 9.00. The van der Waals surface area contributed by atoms with E-state index in [-0.39, 0.29) is 36.8 Å². The van der Waals surface area contributed by atoms with Crippen LogP contribution in [0, 0.1) is 11.7 Å². The van der Waals surface area contributed by atoms with Crippen LogP contribution in [0.4, 0.5) is 8.78 Å². The number of halogens is 2. The number of hydrogen-bond donors (Lipinski definition) is 0. The Kier molecular flexibility index (Phi) is 5.92. The molecule has 3 rings (SSSR count). The van der Waals surface area contributed by atoms with E-state index >= 15 is 0 Å². The van der Waals surface area contributed by atoms with Gasteiger partial charge in [-0.3, -0.25) is 0 Å². The third-order valence-electron chi connectivity index (χ3n) is 4.97. The van der Waals surface area contributed by atoms with Gasteiger partial charge < -0.3 is 18.9 Å². The summed E-state index contributed by atoms with van der Waals surface area (Å²) in [5.41, 5.74) is -0.576. The minimum absolute atomic E-state index is 0.0677. The number of alkyl halides is 1. The largest absolute Gasteiger partial charge is 0.491 e. The smallest absolute Gasteiger partial charge is 0.165 e. The molecule has 0 bridgehead atoms. The Labute approximate surface area is 147 Å². The van der Waals surface area contributed by atoms with E-state index in [9.17, 15) is 8.78 Å². The molecule has 1 aromatic rings. The zero-order chi connectivity index (χ0) is 17.9. The first-order valence-corrected chi connectivity index (χ1v) is 9.00. The second-order valence-electron chi connectivity index (χ2n) is 6.78. The third-order valence-corrected chi connectivity index (χ3v) is 4.97. The SMILES string of the molecule is CCOc1ccc(C2CCC(C3OCC(F)(CC)CO3)CO2)cc1F. The molecule has 2 saturated heterocycles. The quantitative estimate of drug-likeness (QED) is 0.793. The molecule has 0 aliphatic carbocycles. The standard InChI is InChI=1S/C19H26F2O4/c1-3-19(21)11-24-18(25-12-19)14-6-7-16(23-10-14)13-5-8-17(22-4-2)15(20)9-13/h5,8-9,14,16,18H,3-4,6-7,10-12H2,1-2H3. The van der Waals surface area contributed by atoms with Gasteiger partial charge in [-0.05, 0) is 43.9 Å². The van der Waals surface area contributed by atoms with Crippen LogP contribution in [-0.4, -0.2) is 38.4 Å². The van der Waals surface area contributed by atoms with Crippen molar-refractivity contribution in [3.8, 4) is 5.75 Å². The van der Waals surface area contributed by atoms with E-state index in [1.165, 1.54) is 6.07 Å². The predicted molar refractivity (Wildman–Crippen MR) is 88.8 cm³/mol. The number of benzene rings is 1. The van der Waals surface area contributed by atoms with Gasteiger partial charge in [-0.15, -0.1) is 0 Å². The van der Waals surface area contributed by atoms with E-state index in [0.29, 0.717) is 19.6 Å². The molecule has 1 aromatic carbocycles. The zero-order valence-corrected chi connectivity index (χ0v) is 14.8. The van der Waals surface area contributed by atoms with Crippen molar-refractivity contribution in [3.05, 3.63) is 29.6 Å². The highest BCUT2D eigenvalue weighted by molar-refractivity contribution is 5.30. The lowest BCUT2D eigenvalue weighted by atomic mass is 9.93. The lowest BCUT2D eigenvalue weighted by Gasteiger charge is -2.39. The van der Waals surface area contributed by atoms with E-state index in [1.54, 1.807) is 13.0 Å². The molecule has 0 N–H and O–H groups in total. The predicted octanol–water partition coefficient (Wildman–Crippen LogP) is 4.18. The van der Waals surface area contributed by atoms with Crippen LogP contribution in [0.2, 0.25) is 0 Å². The molecule has 0 amide bonds. The summed E-state index contributed by atoms with van der Waals surface area (Å²) in [5.74, 6) is -0.0392. The molecule has 2 unspecified atom stereocenters. The van der Waals surface area contributed by atoms with Gasteiger partial charge in [-0.25, -0.2) is 8.78 Å². The number of rotatable bonds is 5. The average Bonchev–Trinajstić information content (AvgIpc) is 2.64. The van der Waals surface area contributed by atoms with E-state index < -0.39 is 12.0 Å². The van der Waals surface area contributed by atoms with Crippen LogP contribution in [0.5, 0.6) is 5.75 Å². The summed E-state index contributed by atoms with van der Waals surface area (Å²) in [4.78, 5) is 0. The Morgan fingerprint density at radius 3 is 2.48 bits per heavy atom. The van der Waals surface area contributed by atoms with Crippen molar-refractivity contribution in [2.75, 3.05) is 26.4 Å². The molecule has 2 heterocycles. The molecule has 0 spiro atoms. The monoisotopic (exact) mass is 356 g/mol. The Balaban J connectivity index is 1.53. The van der Waals surface area contributed by atoms with Gasteiger partial charge in [0.15, 0.2) is 23.5 Å². The van der Waals surface area contributed by atoms with Gasteiger partial charge >= 0.3 is 0 Å². The second-order valence-corrected chi connectivity index (χ2v) is 6.78. The van der Waals surface area contributed by atoms with Crippen LogP contribution >= 0.6 is 0 Å². The van der Waals surface area contributed by atoms with Crippen molar-refractivity contribution < 1.29 is 27.7 Å². The van der Waals surface area contributed by atoms with Crippen LogP contribution in [-0.2, 0) is 14.2 Å². The van der Waals surface area contributed by atoms with Crippen molar-refractivity contribution in [1.82, 2.24) is 0 Å². The van der Waals surface area contributed by atoms with Gasteiger partial charge in [0.05, 0.1) is 32.5 Å². The summed E-state index contributed by atoms with van der Waals surface area (Å²) in [6.07, 6.45) is 1.38. The fourth-order valence-electron chi connectivity index (χ4n) is 3.27. The number of hydrogen-bond acceptors (Lipinski definition) is 4. The van der Waals surface area contributed by atoms with Crippen molar-refractivity contribution in [2.45, 2.75) is 51.2 Å². The van der Waals surface area contributed by atoms with Gasteiger partial charge in [-0.2, -0.15) is 0 Å². The molecule has 2 aliphatic heterocycles. The van der Waals surface area contributed by atoms with Crippen molar-refractivity contribution in [2.24, 2.45) is 5.92 Å². The molecule has 0 radical (unpaired) electrons. The normalized spacial score (nSPS) is 33.2. The van der Waals surface area contributed by atoms with Gasteiger partial charge in [0.2, 0.25) is 0 Å². The fourth-order valence-corrected chi connectivity index (χ4v) is 3.27. The average molecular weight is 356 g/mol. The third kappa shape index (κ3) is 4.30. The summed E-state index contributed by atoms with van der Waals surface area (Å²) >= 11 is 0. The van der Waals surface area contributed by atoms with E-state index in [2.05, 4.69) is 0 Å². The van der Waals surface area contributed by atoms with Crippen LogP contribution in [0.15, 0.2) is 18.2 Å². The van der Waals surface area contributed by atoms with Crippen LogP contribution in [0.3, 0.4) is 0 Å². The van der Waals surface area contributed by atoms with Gasteiger partial charge in [0.1, 0.15) is 0 Å². The molecular formula is C19H26F2O4. The zero-order valence-electron chi connectivity index (χ0n) is 14.8. The number of ether oxygens (including phenoxy) is 4. The summed E-state index contributed by atoms with van der Waals surface area (Å²) < 4.78 is 50.4. The van der Waals surface area contributed by atoms with Gasteiger partial charge in [-0.1, -0.05) is 13.0 Å². The van der Waals surface area contributed by atoms with Crippen molar-refractivity contribution in [1.29, 1.82) is 0 Å². The maximum Gasteiger partial charge on any atom is 0.165 e. The lowest BCUT2D eigenvalue weighted by Crippen LogP contribution is -2.47. The van der Waals surface area contributed by atoms with E-state index in [0.717, 1.165) is 18.4 Å². The molecule has 25 heavy (non-hydrogen) atoms. The van der Waals surface area contributed by atoms with Crippen LogP contribution in [0.1, 0.15) is 44.8 Å². The summed E-state index contributed by atoms with van der Waals surface area (Å²) in [5, 5.41) is 0. The summed E-state index contributed by atoms with van der Waals surface area (Å²) in [7, 11) is 0. The van der Waals surface area contributed by atoms with Crippen molar-refractivity contribution >= 4 is 0 Å². The summed E-state index contributed by atoms with van der Waals surface area (Å²) in [6.45, 7) is 4.63. The minimum atomic E-state index is -1.38. The molecule has 2 atom stereocenters. The Hall–Kier alpha value is -1.24. The topological polar surface area (TPSA) is 36.9 Å².